The zero-order chi connectivity index (χ0) is 30.0. The van der Waals surface area contributed by atoms with Crippen molar-refractivity contribution in [3.8, 4) is 0 Å². The van der Waals surface area contributed by atoms with Gasteiger partial charge in [0, 0.05) is 23.8 Å². The Hall–Kier alpha value is -3.43. The van der Waals surface area contributed by atoms with E-state index in [2.05, 4.69) is 5.32 Å². The summed E-state index contributed by atoms with van der Waals surface area (Å²) in [4.78, 5) is 30.5. The smallest absolute Gasteiger partial charge is 0.331 e. The molecule has 42 heavy (non-hydrogen) atoms. The summed E-state index contributed by atoms with van der Waals surface area (Å²) in [6.07, 6.45) is -2.69. The summed E-state index contributed by atoms with van der Waals surface area (Å²) in [5.74, 6) is -2.11. The number of carbonyl (C=O) groups excluding carboxylic acids is 2. The van der Waals surface area contributed by atoms with Crippen LogP contribution in [0, 0.1) is 18.7 Å². The van der Waals surface area contributed by atoms with E-state index in [1.54, 1.807) is 72.5 Å². The number of piperidine rings is 1. The Labute approximate surface area is 247 Å². The fourth-order valence-electron chi connectivity index (χ4n) is 6.20. The quantitative estimate of drug-likeness (QED) is 0.297. The minimum Gasteiger partial charge on any atom is -0.331 e. The maximum Gasteiger partial charge on any atom is 0.404 e. The van der Waals surface area contributed by atoms with Gasteiger partial charge >= 0.3 is 6.18 Å². The highest BCUT2D eigenvalue weighted by Crippen LogP contribution is 2.39. The summed E-state index contributed by atoms with van der Waals surface area (Å²) in [6, 6.07) is 16.0. The van der Waals surface area contributed by atoms with E-state index in [0.29, 0.717) is 59.8 Å². The van der Waals surface area contributed by atoms with Gasteiger partial charge in [-0.1, -0.05) is 54.1 Å². The number of benzene rings is 3. The van der Waals surface area contributed by atoms with E-state index in [0.717, 1.165) is 0 Å². The summed E-state index contributed by atoms with van der Waals surface area (Å²) < 4.78 is 55.4. The third kappa shape index (κ3) is 6.47. The third-order valence-corrected chi connectivity index (χ3v) is 8.44. The second-order valence-corrected chi connectivity index (χ2v) is 11.5. The van der Waals surface area contributed by atoms with Gasteiger partial charge in [0.1, 0.15) is 11.9 Å². The van der Waals surface area contributed by atoms with Crippen LogP contribution in [0.15, 0.2) is 66.7 Å². The van der Waals surface area contributed by atoms with Gasteiger partial charge in [-0.2, -0.15) is 13.2 Å². The molecule has 0 bridgehead atoms. The molecule has 2 saturated heterocycles. The number of alkyl halides is 3. The van der Waals surface area contributed by atoms with Crippen LogP contribution in [-0.4, -0.2) is 46.9 Å². The van der Waals surface area contributed by atoms with E-state index in [1.807, 2.05) is 0 Å². The van der Waals surface area contributed by atoms with Crippen molar-refractivity contribution < 1.29 is 27.2 Å². The van der Waals surface area contributed by atoms with Crippen LogP contribution in [0.4, 0.5) is 23.2 Å². The first-order valence-electron chi connectivity index (χ1n) is 14.0. The Bertz CT molecular complexity index is 1430. The lowest BCUT2D eigenvalue weighted by Gasteiger charge is -2.41. The highest BCUT2D eigenvalue weighted by molar-refractivity contribution is 6.30. The zero-order valence-electron chi connectivity index (χ0n) is 23.1. The van der Waals surface area contributed by atoms with Crippen molar-refractivity contribution in [2.24, 2.45) is 5.92 Å². The molecule has 0 aliphatic carbocycles. The normalized spacial score (nSPS) is 21.4. The Balaban J connectivity index is 1.46. The third-order valence-electron chi connectivity index (χ3n) is 8.21. The van der Waals surface area contributed by atoms with Crippen molar-refractivity contribution in [2.75, 3.05) is 18.4 Å². The van der Waals surface area contributed by atoms with Gasteiger partial charge in [-0.05, 0) is 80.1 Å². The number of carbonyl (C=O) groups is 2. The van der Waals surface area contributed by atoms with E-state index in [1.165, 1.54) is 11.0 Å². The van der Waals surface area contributed by atoms with Crippen LogP contribution in [0.5, 0.6) is 0 Å². The largest absolute Gasteiger partial charge is 0.404 e. The molecular weight excluding hydrogens is 570 g/mol. The van der Waals surface area contributed by atoms with Gasteiger partial charge in [0.15, 0.2) is 0 Å². The van der Waals surface area contributed by atoms with Crippen LogP contribution in [0.3, 0.4) is 0 Å². The van der Waals surface area contributed by atoms with Gasteiger partial charge in [0.25, 0.3) is 5.91 Å². The minimum absolute atomic E-state index is 0.0396. The lowest BCUT2D eigenvalue weighted by molar-refractivity contribution is -0.177. The number of amides is 2. The molecule has 2 aliphatic rings. The van der Waals surface area contributed by atoms with Crippen LogP contribution in [0.2, 0.25) is 5.02 Å². The van der Waals surface area contributed by atoms with Crippen molar-refractivity contribution in [1.82, 2.24) is 9.80 Å². The Morgan fingerprint density at radius 1 is 0.976 bits per heavy atom. The fourth-order valence-corrected chi connectivity index (χ4v) is 6.39. The fraction of sp³-hybridized carbons (Fsp3) is 0.375. The van der Waals surface area contributed by atoms with Gasteiger partial charge in [0.2, 0.25) is 5.91 Å². The number of rotatable bonds is 6. The second-order valence-electron chi connectivity index (χ2n) is 11.0. The zero-order valence-corrected chi connectivity index (χ0v) is 23.9. The predicted molar refractivity (Wildman–Crippen MR) is 154 cm³/mol. The molecule has 2 aliphatic heterocycles. The molecule has 2 unspecified atom stereocenters. The molecule has 2 amide bonds. The summed E-state index contributed by atoms with van der Waals surface area (Å²) >= 11 is 6.10. The van der Waals surface area contributed by atoms with Crippen molar-refractivity contribution in [1.29, 1.82) is 0 Å². The van der Waals surface area contributed by atoms with Crippen molar-refractivity contribution in [3.05, 3.63) is 99.8 Å². The molecule has 3 atom stereocenters. The number of likely N-dealkylation sites (tertiary alicyclic amines) is 2. The summed E-state index contributed by atoms with van der Waals surface area (Å²) in [5.41, 5.74) is 2.32. The average Bonchev–Trinajstić information content (AvgIpc) is 3.42. The first kappa shape index (κ1) is 30.0. The monoisotopic (exact) mass is 601 g/mol. The number of aryl methyl sites for hydroxylation is 1. The molecule has 2 fully saturated rings. The van der Waals surface area contributed by atoms with Crippen molar-refractivity contribution >= 4 is 29.1 Å². The minimum atomic E-state index is -4.28. The van der Waals surface area contributed by atoms with E-state index >= 15 is 0 Å². The van der Waals surface area contributed by atoms with Crippen LogP contribution < -0.4 is 5.32 Å². The number of nitrogens with one attached hydrogen (secondary N) is 1. The second kappa shape index (κ2) is 12.4. The van der Waals surface area contributed by atoms with Gasteiger partial charge < -0.3 is 10.2 Å². The first-order valence-corrected chi connectivity index (χ1v) is 14.4. The van der Waals surface area contributed by atoms with Crippen LogP contribution in [0.25, 0.3) is 0 Å². The summed E-state index contributed by atoms with van der Waals surface area (Å²) in [6.45, 7) is 2.50. The van der Waals surface area contributed by atoms with Crippen LogP contribution >= 0.6 is 11.6 Å². The predicted octanol–water partition coefficient (Wildman–Crippen LogP) is 7.55. The Morgan fingerprint density at radius 3 is 2.38 bits per heavy atom. The summed E-state index contributed by atoms with van der Waals surface area (Å²) in [5, 5.41) is 3.36. The van der Waals surface area contributed by atoms with E-state index in [4.69, 9.17) is 11.6 Å². The van der Waals surface area contributed by atoms with Crippen molar-refractivity contribution in [3.63, 3.8) is 0 Å². The maximum absolute atomic E-state index is 14.9. The van der Waals surface area contributed by atoms with Crippen LogP contribution in [0.1, 0.15) is 58.8 Å². The maximum atomic E-state index is 14.9. The molecule has 5 nitrogen and oxygen atoms in total. The molecule has 3 aromatic rings. The van der Waals surface area contributed by atoms with E-state index in [-0.39, 0.29) is 24.4 Å². The standard InChI is InChI=1S/C32H32ClF4N3O2/c1-20-6-2-10-26(34)28(20)31(42)40-17-4-9-25(30(41)38-24-8-3-7-23(33)18-24)29(40)22-14-12-21(13-15-22)19-39-16-5-11-27(39)32(35,36)37/h2-3,6-8,10,12-15,18,25,27,29H,4-5,9,11,16-17,19H2,1H3,(H,38,41)/t25-,27?,29?/m0/s1. The highest BCUT2D eigenvalue weighted by atomic mass is 35.5. The molecule has 0 saturated carbocycles. The van der Waals surface area contributed by atoms with Gasteiger partial charge in [0.05, 0.1) is 17.5 Å². The topological polar surface area (TPSA) is 52.7 Å². The highest BCUT2D eigenvalue weighted by Gasteiger charge is 2.46. The molecule has 5 rings (SSSR count). The molecule has 1 N–H and O–H groups in total. The molecule has 10 heteroatoms. The number of hydrogen-bond acceptors (Lipinski definition) is 3. The van der Waals surface area contributed by atoms with Crippen molar-refractivity contribution in [2.45, 2.75) is 57.4 Å². The molecule has 2 heterocycles. The lowest BCUT2D eigenvalue weighted by atomic mass is 9.83. The summed E-state index contributed by atoms with van der Waals surface area (Å²) in [7, 11) is 0. The number of anilines is 1. The van der Waals surface area contributed by atoms with Gasteiger partial charge in [-0.3, -0.25) is 14.5 Å². The molecule has 0 aromatic heterocycles. The van der Waals surface area contributed by atoms with E-state index in [9.17, 15) is 27.2 Å². The average molecular weight is 602 g/mol. The van der Waals surface area contributed by atoms with Crippen LogP contribution in [-0.2, 0) is 11.3 Å². The molecule has 0 radical (unpaired) electrons. The number of hydrogen-bond donors (Lipinski definition) is 1. The molecule has 0 spiro atoms. The molecule has 3 aromatic carbocycles. The number of nitrogens with zero attached hydrogens (tertiary/aromatic N) is 2. The first-order chi connectivity index (χ1) is 20.0. The van der Waals surface area contributed by atoms with E-state index < -0.39 is 35.9 Å². The molecular formula is C32H32ClF4N3O2. The lowest BCUT2D eigenvalue weighted by Crippen LogP contribution is -2.46. The van der Waals surface area contributed by atoms with Gasteiger partial charge in [-0.25, -0.2) is 4.39 Å². The Morgan fingerprint density at radius 2 is 1.69 bits per heavy atom. The molecule has 222 valence electrons. The number of halogens is 5. The SMILES string of the molecule is Cc1cccc(F)c1C(=O)N1CCC[C@H](C(=O)Nc2cccc(Cl)c2)C1c1ccc(CN2CCCC2C(F)(F)F)cc1. The Kier molecular flexibility index (Phi) is 8.89. The van der Waals surface area contributed by atoms with Gasteiger partial charge in [-0.15, -0.1) is 0 Å².